The largest absolute Gasteiger partial charge is 0.491 e. The summed E-state index contributed by atoms with van der Waals surface area (Å²) < 4.78 is 5.31. The highest BCUT2D eigenvalue weighted by atomic mass is 35.5. The molecule has 1 aliphatic heterocycles. The smallest absolute Gasteiger partial charge is 0.260 e. The fourth-order valence-corrected chi connectivity index (χ4v) is 3.59. The Morgan fingerprint density at radius 2 is 1.88 bits per heavy atom. The lowest BCUT2D eigenvalue weighted by atomic mass is 10.1. The summed E-state index contributed by atoms with van der Waals surface area (Å²) in [6.45, 7) is -0.450. The van der Waals surface area contributed by atoms with Gasteiger partial charge in [0.05, 0.1) is 30.3 Å². The Hall–Kier alpha value is -3.14. The quantitative estimate of drug-likeness (QED) is 0.535. The van der Waals surface area contributed by atoms with Crippen molar-refractivity contribution in [1.82, 2.24) is 10.2 Å². The van der Waals surface area contributed by atoms with Crippen molar-refractivity contribution < 1.29 is 29.3 Å². The number of halogens is 1. The molecule has 0 radical (unpaired) electrons. The Morgan fingerprint density at radius 3 is 2.59 bits per heavy atom. The van der Waals surface area contributed by atoms with E-state index in [4.69, 9.17) is 26.6 Å². The van der Waals surface area contributed by atoms with Gasteiger partial charge in [-0.1, -0.05) is 29.8 Å². The Morgan fingerprint density at radius 1 is 1.09 bits per heavy atom. The number of nitrogens with one attached hydrogen (secondary N) is 1. The molecule has 0 fully saturated rings. The molecule has 2 aromatic carbocycles. The van der Waals surface area contributed by atoms with Crippen molar-refractivity contribution in [3.05, 3.63) is 58.6 Å². The van der Waals surface area contributed by atoms with E-state index in [-0.39, 0.29) is 56.6 Å². The van der Waals surface area contributed by atoms with Crippen LogP contribution in [0.3, 0.4) is 0 Å². The maximum atomic E-state index is 13.4. The average molecular weight is 462 g/mol. The Bertz CT molecular complexity index is 999. The van der Waals surface area contributed by atoms with Crippen LogP contribution in [-0.2, 0) is 16.1 Å². The molecule has 1 aliphatic rings. The first kappa shape index (κ1) is 23.5. The molecule has 0 aliphatic carbocycles. The molecule has 10 heteroatoms. The topological polar surface area (TPSA) is 119 Å². The standard InChI is InChI=1S/C22H24ClN3O6/c23-18-11-16(32-10-9-28)5-6-17(18)22(31)26-14-21(30)25(13-20(29)24-7-8-27)12-15-3-1-2-4-19(15)26/h1-6,11,27-28H,7-10,12-14H2,(H,24,29). The Balaban J connectivity index is 1.86. The lowest BCUT2D eigenvalue weighted by Gasteiger charge is -2.23. The number of carbonyl (C=O) groups is 3. The van der Waals surface area contributed by atoms with Crippen molar-refractivity contribution in [2.75, 3.05) is 44.4 Å². The molecular formula is C22H24ClN3O6. The zero-order valence-corrected chi connectivity index (χ0v) is 18.0. The van der Waals surface area contributed by atoms with Crippen LogP contribution < -0.4 is 15.0 Å². The van der Waals surface area contributed by atoms with E-state index in [1.807, 2.05) is 0 Å². The second-order valence-corrected chi connectivity index (χ2v) is 7.46. The summed E-state index contributed by atoms with van der Waals surface area (Å²) in [6, 6.07) is 11.6. The molecule has 170 valence electrons. The van der Waals surface area contributed by atoms with Crippen LogP contribution in [0.4, 0.5) is 5.69 Å². The molecule has 0 saturated carbocycles. The monoisotopic (exact) mass is 461 g/mol. The third-order valence-corrected chi connectivity index (χ3v) is 5.15. The number of nitrogens with zero attached hydrogens (tertiary/aromatic N) is 2. The first-order valence-corrected chi connectivity index (χ1v) is 10.4. The van der Waals surface area contributed by atoms with E-state index in [9.17, 15) is 14.4 Å². The van der Waals surface area contributed by atoms with Crippen LogP contribution >= 0.6 is 11.6 Å². The van der Waals surface area contributed by atoms with E-state index in [1.54, 1.807) is 30.3 Å². The van der Waals surface area contributed by atoms with Gasteiger partial charge >= 0.3 is 0 Å². The summed E-state index contributed by atoms with van der Waals surface area (Å²) >= 11 is 6.31. The molecule has 1 heterocycles. The number of ether oxygens (including phenoxy) is 1. The van der Waals surface area contributed by atoms with Crippen LogP contribution in [0.1, 0.15) is 15.9 Å². The highest BCUT2D eigenvalue weighted by Gasteiger charge is 2.31. The molecule has 32 heavy (non-hydrogen) atoms. The SMILES string of the molecule is O=C(CN1Cc2ccccc2N(C(=O)c2ccc(OCCO)cc2Cl)CC1=O)NCCO. The van der Waals surface area contributed by atoms with Crippen molar-refractivity contribution in [2.24, 2.45) is 0 Å². The number of fused-ring (bicyclic) bond motifs is 1. The molecule has 0 spiro atoms. The summed E-state index contributed by atoms with van der Waals surface area (Å²) in [6.07, 6.45) is 0. The lowest BCUT2D eigenvalue weighted by molar-refractivity contribution is -0.135. The van der Waals surface area contributed by atoms with Crippen molar-refractivity contribution in [2.45, 2.75) is 6.54 Å². The molecule has 3 N–H and O–H groups in total. The van der Waals surface area contributed by atoms with Crippen molar-refractivity contribution in [3.8, 4) is 5.75 Å². The fraction of sp³-hybridized carbons (Fsp3) is 0.318. The molecule has 0 unspecified atom stereocenters. The number of amides is 3. The molecule has 0 aromatic heterocycles. The van der Waals surface area contributed by atoms with Crippen LogP contribution in [-0.4, -0.2) is 72.3 Å². The minimum atomic E-state index is -0.462. The van der Waals surface area contributed by atoms with E-state index >= 15 is 0 Å². The maximum Gasteiger partial charge on any atom is 0.260 e. The van der Waals surface area contributed by atoms with Crippen LogP contribution in [0, 0.1) is 0 Å². The van der Waals surface area contributed by atoms with Gasteiger partial charge in [-0.15, -0.1) is 0 Å². The van der Waals surface area contributed by atoms with E-state index < -0.39 is 17.7 Å². The first-order valence-electron chi connectivity index (χ1n) is 10.0. The molecule has 9 nitrogen and oxygen atoms in total. The molecular weight excluding hydrogens is 438 g/mol. The van der Waals surface area contributed by atoms with Crippen LogP contribution in [0.5, 0.6) is 5.75 Å². The highest BCUT2D eigenvalue weighted by molar-refractivity contribution is 6.34. The molecule has 3 rings (SSSR count). The molecule has 0 bridgehead atoms. The maximum absolute atomic E-state index is 13.4. The number of benzene rings is 2. The molecule has 3 amide bonds. The predicted molar refractivity (Wildman–Crippen MR) is 118 cm³/mol. The zero-order chi connectivity index (χ0) is 23.1. The van der Waals surface area contributed by atoms with Crippen molar-refractivity contribution >= 4 is 35.0 Å². The van der Waals surface area contributed by atoms with Crippen LogP contribution in [0.15, 0.2) is 42.5 Å². The number of para-hydroxylation sites is 1. The van der Waals surface area contributed by atoms with Crippen molar-refractivity contribution in [1.29, 1.82) is 0 Å². The second-order valence-electron chi connectivity index (χ2n) is 7.06. The number of carbonyl (C=O) groups excluding carboxylic acids is 3. The van der Waals surface area contributed by atoms with Crippen LogP contribution in [0.2, 0.25) is 5.02 Å². The molecule has 0 atom stereocenters. The summed E-state index contributed by atoms with van der Waals surface area (Å²) in [4.78, 5) is 41.1. The van der Waals surface area contributed by atoms with Gasteiger partial charge < -0.3 is 25.2 Å². The number of aliphatic hydroxyl groups is 2. The van der Waals surface area contributed by atoms with E-state index in [0.29, 0.717) is 17.0 Å². The minimum absolute atomic E-state index is 0.0958. The number of rotatable bonds is 8. The van der Waals surface area contributed by atoms with Gasteiger partial charge in [-0.2, -0.15) is 0 Å². The van der Waals surface area contributed by atoms with Gasteiger partial charge in [0.1, 0.15) is 18.9 Å². The summed E-state index contributed by atoms with van der Waals surface area (Å²) in [5.74, 6) is -0.844. The summed E-state index contributed by atoms with van der Waals surface area (Å²) in [5.41, 5.74) is 1.46. The van der Waals surface area contributed by atoms with E-state index in [0.717, 1.165) is 0 Å². The number of hydrogen-bond acceptors (Lipinski definition) is 6. The van der Waals surface area contributed by atoms with Gasteiger partial charge in [0, 0.05) is 18.8 Å². The normalized spacial score (nSPS) is 13.4. The Kier molecular flexibility index (Phi) is 8.04. The molecule has 0 saturated heterocycles. The number of hydrogen-bond donors (Lipinski definition) is 3. The third kappa shape index (κ3) is 5.56. The second kappa shape index (κ2) is 10.9. The van der Waals surface area contributed by atoms with Gasteiger partial charge in [-0.05, 0) is 29.8 Å². The summed E-state index contributed by atoms with van der Waals surface area (Å²) in [7, 11) is 0. The zero-order valence-electron chi connectivity index (χ0n) is 17.3. The van der Waals surface area contributed by atoms with Gasteiger partial charge in [-0.25, -0.2) is 0 Å². The summed E-state index contributed by atoms with van der Waals surface area (Å²) in [5, 5.41) is 20.4. The number of anilines is 1. The van der Waals surface area contributed by atoms with E-state index in [1.165, 1.54) is 21.9 Å². The average Bonchev–Trinajstić information content (AvgIpc) is 2.92. The first-order chi connectivity index (χ1) is 15.4. The third-order valence-electron chi connectivity index (χ3n) is 4.83. The van der Waals surface area contributed by atoms with Crippen LogP contribution in [0.25, 0.3) is 0 Å². The van der Waals surface area contributed by atoms with Gasteiger partial charge in [0.25, 0.3) is 5.91 Å². The Labute approximate surface area is 190 Å². The lowest BCUT2D eigenvalue weighted by Crippen LogP contribution is -2.44. The van der Waals surface area contributed by atoms with E-state index in [2.05, 4.69) is 5.32 Å². The molecule has 2 aromatic rings. The van der Waals surface area contributed by atoms with Crippen molar-refractivity contribution in [3.63, 3.8) is 0 Å². The van der Waals surface area contributed by atoms with Gasteiger partial charge in [-0.3, -0.25) is 19.3 Å². The minimum Gasteiger partial charge on any atom is -0.491 e. The highest BCUT2D eigenvalue weighted by Crippen LogP contribution is 2.30. The van der Waals surface area contributed by atoms with Gasteiger partial charge in [0.15, 0.2) is 0 Å². The predicted octanol–water partition coefficient (Wildman–Crippen LogP) is 0.809. The van der Waals surface area contributed by atoms with Gasteiger partial charge in [0.2, 0.25) is 11.8 Å². The fourth-order valence-electron chi connectivity index (χ4n) is 3.34. The number of aliphatic hydroxyl groups excluding tert-OH is 2.